The molecule has 0 saturated heterocycles. The summed E-state index contributed by atoms with van der Waals surface area (Å²) in [6, 6.07) is 3.50. The number of allylic oxidation sites excluding steroid dienone is 1. The quantitative estimate of drug-likeness (QED) is 0.780. The second kappa shape index (κ2) is 8.77. The highest BCUT2D eigenvalue weighted by Gasteiger charge is 2.11. The van der Waals surface area contributed by atoms with E-state index in [1.54, 1.807) is 11.9 Å². The smallest absolute Gasteiger partial charge is 0.234 e. The van der Waals surface area contributed by atoms with E-state index < -0.39 is 11.6 Å². The fourth-order valence-corrected chi connectivity index (χ4v) is 2.79. The highest BCUT2D eigenvalue weighted by atomic mass is 19.1. The highest BCUT2D eigenvalue weighted by Crippen LogP contribution is 2.19. The molecule has 126 valence electrons. The van der Waals surface area contributed by atoms with E-state index in [0.717, 1.165) is 25.3 Å². The maximum absolute atomic E-state index is 13.6. The molecule has 1 aliphatic carbocycles. The molecule has 1 aliphatic rings. The molecule has 0 aromatic heterocycles. The van der Waals surface area contributed by atoms with Crippen molar-refractivity contribution in [2.75, 3.05) is 20.1 Å². The van der Waals surface area contributed by atoms with E-state index in [-0.39, 0.29) is 19.0 Å². The Morgan fingerprint density at radius 2 is 2.13 bits per heavy atom. The second-order valence-electron chi connectivity index (χ2n) is 6.12. The molecular weight excluding hydrogens is 298 g/mol. The zero-order valence-electron chi connectivity index (χ0n) is 13.6. The minimum atomic E-state index is -0.594. The Morgan fingerprint density at radius 3 is 2.83 bits per heavy atom. The van der Waals surface area contributed by atoms with Crippen LogP contribution in [0.1, 0.15) is 37.7 Å². The van der Waals surface area contributed by atoms with E-state index in [1.807, 2.05) is 0 Å². The van der Waals surface area contributed by atoms with Crippen LogP contribution in [0.5, 0.6) is 0 Å². The van der Waals surface area contributed by atoms with Crippen molar-refractivity contribution in [1.29, 1.82) is 0 Å². The Balaban J connectivity index is 1.70. The van der Waals surface area contributed by atoms with Crippen LogP contribution in [0.4, 0.5) is 8.78 Å². The average Bonchev–Trinajstić information content (AvgIpc) is 2.51. The van der Waals surface area contributed by atoms with Crippen LogP contribution in [0.3, 0.4) is 0 Å². The van der Waals surface area contributed by atoms with Crippen molar-refractivity contribution in [2.45, 2.75) is 38.6 Å². The van der Waals surface area contributed by atoms with Crippen molar-refractivity contribution in [3.8, 4) is 0 Å². The van der Waals surface area contributed by atoms with Gasteiger partial charge in [-0.1, -0.05) is 17.7 Å². The lowest BCUT2D eigenvalue weighted by Gasteiger charge is -2.17. The highest BCUT2D eigenvalue weighted by molar-refractivity contribution is 5.77. The van der Waals surface area contributed by atoms with Gasteiger partial charge in [-0.15, -0.1) is 0 Å². The minimum absolute atomic E-state index is 0.0774. The number of hydrogen-bond acceptors (Lipinski definition) is 2. The lowest BCUT2D eigenvalue weighted by molar-refractivity contribution is -0.122. The molecule has 0 radical (unpaired) electrons. The SMILES string of the molecule is CN(CC(=O)NCCC1=CCCCC1)Cc1ccc(F)cc1F. The standard InChI is InChI=1S/C18H24F2N2O/c1-22(12-15-7-8-16(19)11-17(15)20)13-18(23)21-10-9-14-5-3-2-4-6-14/h5,7-8,11H,2-4,6,9-10,12-13H2,1H3,(H,21,23). The van der Waals surface area contributed by atoms with E-state index in [9.17, 15) is 13.6 Å². The topological polar surface area (TPSA) is 32.3 Å². The number of amides is 1. The third kappa shape index (κ3) is 6.10. The van der Waals surface area contributed by atoms with Crippen molar-refractivity contribution < 1.29 is 13.6 Å². The van der Waals surface area contributed by atoms with Gasteiger partial charge < -0.3 is 5.32 Å². The van der Waals surface area contributed by atoms with Gasteiger partial charge in [0.15, 0.2) is 0 Å². The molecule has 1 aromatic rings. The van der Waals surface area contributed by atoms with Crippen molar-refractivity contribution in [1.82, 2.24) is 10.2 Å². The number of carbonyl (C=O) groups is 1. The summed E-state index contributed by atoms with van der Waals surface area (Å²) in [4.78, 5) is 13.6. The van der Waals surface area contributed by atoms with Gasteiger partial charge in [-0.25, -0.2) is 8.78 Å². The zero-order chi connectivity index (χ0) is 16.7. The summed E-state index contributed by atoms with van der Waals surface area (Å²) in [6.45, 7) is 1.10. The van der Waals surface area contributed by atoms with Crippen LogP contribution < -0.4 is 5.32 Å². The van der Waals surface area contributed by atoms with Gasteiger partial charge in [0.25, 0.3) is 0 Å². The first-order valence-corrected chi connectivity index (χ1v) is 8.11. The molecule has 0 saturated carbocycles. The largest absolute Gasteiger partial charge is 0.355 e. The van der Waals surface area contributed by atoms with Crippen LogP contribution in [0, 0.1) is 11.6 Å². The predicted octanol–water partition coefficient (Wildman–Crippen LogP) is 3.40. The van der Waals surface area contributed by atoms with E-state index in [4.69, 9.17) is 0 Å². The zero-order valence-corrected chi connectivity index (χ0v) is 13.6. The average molecular weight is 322 g/mol. The van der Waals surface area contributed by atoms with E-state index in [0.29, 0.717) is 12.1 Å². The molecule has 5 heteroatoms. The van der Waals surface area contributed by atoms with Crippen molar-refractivity contribution in [2.24, 2.45) is 0 Å². The van der Waals surface area contributed by atoms with Gasteiger partial charge in [-0.05, 0) is 45.2 Å². The van der Waals surface area contributed by atoms with E-state index in [2.05, 4.69) is 11.4 Å². The molecule has 1 aromatic carbocycles. The fraction of sp³-hybridized carbons (Fsp3) is 0.500. The summed E-state index contributed by atoms with van der Waals surface area (Å²) in [5, 5.41) is 2.90. The lowest BCUT2D eigenvalue weighted by atomic mass is 9.97. The summed E-state index contributed by atoms with van der Waals surface area (Å²) in [6.07, 6.45) is 7.97. The number of benzene rings is 1. The van der Waals surface area contributed by atoms with E-state index in [1.165, 1.54) is 30.5 Å². The van der Waals surface area contributed by atoms with Gasteiger partial charge in [0.2, 0.25) is 5.91 Å². The maximum Gasteiger partial charge on any atom is 0.234 e. The summed E-state index contributed by atoms with van der Waals surface area (Å²) in [5.41, 5.74) is 1.81. The van der Waals surface area contributed by atoms with Crippen LogP contribution in [0.25, 0.3) is 0 Å². The molecule has 3 nitrogen and oxygen atoms in total. The number of nitrogens with one attached hydrogen (secondary N) is 1. The van der Waals surface area contributed by atoms with Crippen molar-refractivity contribution in [3.63, 3.8) is 0 Å². The Labute approximate surface area is 136 Å². The Morgan fingerprint density at radius 1 is 1.30 bits per heavy atom. The van der Waals surface area contributed by atoms with Crippen molar-refractivity contribution in [3.05, 3.63) is 47.0 Å². The first-order valence-electron chi connectivity index (χ1n) is 8.11. The monoisotopic (exact) mass is 322 g/mol. The first kappa shape index (κ1) is 17.6. The summed E-state index contributed by atoms with van der Waals surface area (Å²) < 4.78 is 26.4. The molecule has 0 bridgehead atoms. The summed E-state index contributed by atoms with van der Waals surface area (Å²) in [5.74, 6) is -1.25. The molecule has 0 heterocycles. The number of likely N-dealkylation sites (N-methyl/N-ethyl adjacent to an activating group) is 1. The number of carbonyl (C=O) groups excluding carboxylic acids is 1. The van der Waals surface area contributed by atoms with Gasteiger partial charge in [-0.3, -0.25) is 9.69 Å². The Kier molecular flexibility index (Phi) is 6.71. The van der Waals surface area contributed by atoms with Gasteiger partial charge >= 0.3 is 0 Å². The molecular formula is C18H24F2N2O. The van der Waals surface area contributed by atoms with Gasteiger partial charge in [0.1, 0.15) is 11.6 Å². The first-order chi connectivity index (χ1) is 11.0. The molecule has 1 amide bonds. The van der Waals surface area contributed by atoms with Crippen molar-refractivity contribution >= 4 is 5.91 Å². The van der Waals surface area contributed by atoms with Crippen LogP contribution in [-0.4, -0.2) is 30.9 Å². The van der Waals surface area contributed by atoms with Crippen LogP contribution in [0.15, 0.2) is 29.8 Å². The Hall–Kier alpha value is -1.75. The summed E-state index contributed by atoms with van der Waals surface area (Å²) >= 11 is 0. The molecule has 23 heavy (non-hydrogen) atoms. The van der Waals surface area contributed by atoms with Crippen LogP contribution >= 0.6 is 0 Å². The molecule has 0 unspecified atom stereocenters. The lowest BCUT2D eigenvalue weighted by Crippen LogP contribution is -2.35. The van der Waals surface area contributed by atoms with Gasteiger partial charge in [-0.2, -0.15) is 0 Å². The second-order valence-corrected chi connectivity index (χ2v) is 6.12. The normalized spacial score (nSPS) is 14.7. The van der Waals surface area contributed by atoms with E-state index >= 15 is 0 Å². The number of rotatable bonds is 7. The van der Waals surface area contributed by atoms with Gasteiger partial charge in [0.05, 0.1) is 6.54 Å². The molecule has 0 spiro atoms. The van der Waals surface area contributed by atoms with Crippen LogP contribution in [-0.2, 0) is 11.3 Å². The Bertz CT molecular complexity index is 572. The summed E-state index contributed by atoms with van der Waals surface area (Å²) in [7, 11) is 1.74. The number of nitrogens with zero attached hydrogens (tertiary/aromatic N) is 1. The predicted molar refractivity (Wildman–Crippen MR) is 86.9 cm³/mol. The molecule has 0 atom stereocenters. The molecule has 0 fully saturated rings. The third-order valence-electron chi connectivity index (χ3n) is 4.02. The van der Waals surface area contributed by atoms with Gasteiger partial charge in [0, 0.05) is 24.7 Å². The fourth-order valence-electron chi connectivity index (χ4n) is 2.79. The van der Waals surface area contributed by atoms with Crippen LogP contribution in [0.2, 0.25) is 0 Å². The molecule has 2 rings (SSSR count). The third-order valence-corrected chi connectivity index (χ3v) is 4.02. The number of hydrogen-bond donors (Lipinski definition) is 1. The maximum atomic E-state index is 13.6. The molecule has 0 aliphatic heterocycles. The number of halogens is 2. The minimum Gasteiger partial charge on any atom is -0.355 e. The molecule has 1 N–H and O–H groups in total.